The van der Waals surface area contributed by atoms with Crippen molar-refractivity contribution in [2.45, 2.75) is 20.3 Å². The van der Waals surface area contributed by atoms with Crippen molar-refractivity contribution in [1.82, 2.24) is 0 Å². The Balaban J connectivity index is 1.57. The third-order valence-electron chi connectivity index (χ3n) is 4.78. The quantitative estimate of drug-likeness (QED) is 0.865. The van der Waals surface area contributed by atoms with E-state index >= 15 is 0 Å². The van der Waals surface area contributed by atoms with Crippen LogP contribution >= 0.6 is 0 Å². The molecule has 2 aromatic rings. The molecule has 1 saturated heterocycles. The van der Waals surface area contributed by atoms with Crippen molar-refractivity contribution in [3.05, 3.63) is 54.6 Å². The number of carbonyl (C=O) groups excluding carboxylic acids is 1. The van der Waals surface area contributed by atoms with Crippen molar-refractivity contribution in [2.75, 3.05) is 41.3 Å². The Morgan fingerprint density at radius 1 is 1.16 bits per heavy atom. The molecule has 0 bridgehead atoms. The van der Waals surface area contributed by atoms with E-state index in [1.54, 1.807) is 0 Å². The molecule has 0 saturated carbocycles. The van der Waals surface area contributed by atoms with Gasteiger partial charge >= 0.3 is 0 Å². The number of hydrogen-bond acceptors (Lipinski definition) is 3. The van der Waals surface area contributed by atoms with Gasteiger partial charge in [0.25, 0.3) is 0 Å². The summed E-state index contributed by atoms with van der Waals surface area (Å²) >= 11 is 0. The van der Waals surface area contributed by atoms with Crippen molar-refractivity contribution in [3.63, 3.8) is 0 Å². The van der Waals surface area contributed by atoms with E-state index in [0.29, 0.717) is 6.54 Å². The number of benzene rings is 2. The molecule has 3 rings (SSSR count). The molecule has 1 heterocycles. The van der Waals surface area contributed by atoms with Gasteiger partial charge in [0.2, 0.25) is 5.91 Å². The van der Waals surface area contributed by atoms with E-state index in [1.807, 2.05) is 42.5 Å². The van der Waals surface area contributed by atoms with Gasteiger partial charge in [0.15, 0.2) is 0 Å². The smallest absolute Gasteiger partial charge is 0.243 e. The normalized spacial score (nSPS) is 16.7. The fraction of sp³-hybridized carbons (Fsp3) is 0.381. The van der Waals surface area contributed by atoms with Gasteiger partial charge in [-0.25, -0.2) is 0 Å². The summed E-state index contributed by atoms with van der Waals surface area (Å²) in [6, 6.07) is 18.2. The lowest BCUT2D eigenvalue weighted by Crippen LogP contribution is -2.33. The van der Waals surface area contributed by atoms with E-state index < -0.39 is 0 Å². The predicted molar refractivity (Wildman–Crippen MR) is 105 cm³/mol. The average Bonchev–Trinajstić information content (AvgIpc) is 3.07. The number of hydrogen-bond donors (Lipinski definition) is 1. The highest BCUT2D eigenvalue weighted by atomic mass is 16.2. The van der Waals surface area contributed by atoms with Crippen molar-refractivity contribution >= 4 is 23.0 Å². The second-order valence-corrected chi connectivity index (χ2v) is 6.78. The van der Waals surface area contributed by atoms with Crippen LogP contribution in [0.2, 0.25) is 0 Å². The molecule has 1 aliphatic rings. The summed E-state index contributed by atoms with van der Waals surface area (Å²) in [6.45, 7) is 7.74. The Morgan fingerprint density at radius 3 is 2.48 bits per heavy atom. The zero-order chi connectivity index (χ0) is 17.6. The van der Waals surface area contributed by atoms with E-state index in [4.69, 9.17) is 0 Å². The summed E-state index contributed by atoms with van der Waals surface area (Å²) in [5.74, 6) is 0.769. The second-order valence-electron chi connectivity index (χ2n) is 6.78. The molecular formula is C21H27N3O. The van der Waals surface area contributed by atoms with E-state index in [1.165, 1.54) is 12.1 Å². The average molecular weight is 337 g/mol. The van der Waals surface area contributed by atoms with Crippen LogP contribution in [0.15, 0.2) is 54.6 Å². The molecule has 0 aromatic heterocycles. The predicted octanol–water partition coefficient (Wildman–Crippen LogP) is 4.00. The van der Waals surface area contributed by atoms with Crippen LogP contribution in [0.4, 0.5) is 17.1 Å². The van der Waals surface area contributed by atoms with Crippen molar-refractivity contribution < 1.29 is 4.79 Å². The van der Waals surface area contributed by atoms with Crippen LogP contribution in [0, 0.1) is 5.92 Å². The first kappa shape index (κ1) is 17.3. The van der Waals surface area contributed by atoms with Crippen LogP contribution in [0.1, 0.15) is 20.3 Å². The maximum absolute atomic E-state index is 12.4. The maximum atomic E-state index is 12.4. The Labute approximate surface area is 150 Å². The highest BCUT2D eigenvalue weighted by molar-refractivity contribution is 5.94. The molecule has 4 heteroatoms. The molecule has 1 fully saturated rings. The number of nitrogens with one attached hydrogen (secondary N) is 1. The second kappa shape index (κ2) is 8.06. The van der Waals surface area contributed by atoms with Gasteiger partial charge in [-0.05, 0) is 55.7 Å². The Hall–Kier alpha value is -2.49. The van der Waals surface area contributed by atoms with Crippen LogP contribution < -0.4 is 15.1 Å². The molecule has 132 valence electrons. The van der Waals surface area contributed by atoms with Crippen LogP contribution in [-0.4, -0.2) is 32.1 Å². The topological polar surface area (TPSA) is 35.6 Å². The zero-order valence-electron chi connectivity index (χ0n) is 15.1. The first-order chi connectivity index (χ1) is 12.2. The molecule has 1 aliphatic heterocycles. The standard InChI is InChI=1S/C21H27N3O/c1-3-23(19-7-5-4-6-8-19)16-21(25)22-18-9-11-20(12-10-18)24-14-13-17(2)15-24/h4-12,17H,3,13-16H2,1-2H3,(H,22,25). The summed E-state index contributed by atoms with van der Waals surface area (Å²) < 4.78 is 0. The van der Waals surface area contributed by atoms with E-state index in [-0.39, 0.29) is 5.91 Å². The summed E-state index contributed by atoms with van der Waals surface area (Å²) in [4.78, 5) is 16.8. The number of rotatable bonds is 6. The summed E-state index contributed by atoms with van der Waals surface area (Å²) in [5.41, 5.74) is 3.16. The Kier molecular flexibility index (Phi) is 5.59. The molecule has 1 N–H and O–H groups in total. The van der Waals surface area contributed by atoms with Gasteiger partial charge < -0.3 is 15.1 Å². The van der Waals surface area contributed by atoms with E-state index in [9.17, 15) is 4.79 Å². The molecule has 1 amide bonds. The molecule has 0 aliphatic carbocycles. The molecule has 4 nitrogen and oxygen atoms in total. The van der Waals surface area contributed by atoms with Gasteiger partial charge in [0.1, 0.15) is 0 Å². The number of amides is 1. The first-order valence-electron chi connectivity index (χ1n) is 9.10. The third-order valence-corrected chi connectivity index (χ3v) is 4.78. The van der Waals surface area contributed by atoms with Gasteiger partial charge in [-0.1, -0.05) is 25.1 Å². The maximum Gasteiger partial charge on any atom is 0.243 e. The number of carbonyl (C=O) groups is 1. The molecule has 1 atom stereocenters. The summed E-state index contributed by atoms with van der Waals surface area (Å²) in [6.07, 6.45) is 1.25. The number of para-hydroxylation sites is 1. The van der Waals surface area contributed by atoms with Gasteiger partial charge in [-0.3, -0.25) is 4.79 Å². The van der Waals surface area contributed by atoms with Crippen LogP contribution in [0.25, 0.3) is 0 Å². The van der Waals surface area contributed by atoms with Crippen molar-refractivity contribution in [1.29, 1.82) is 0 Å². The SMILES string of the molecule is CCN(CC(=O)Nc1ccc(N2CCC(C)C2)cc1)c1ccccc1. The van der Waals surface area contributed by atoms with Crippen LogP contribution in [0.5, 0.6) is 0 Å². The van der Waals surface area contributed by atoms with Gasteiger partial charge in [-0.2, -0.15) is 0 Å². The van der Waals surface area contributed by atoms with Crippen molar-refractivity contribution in [2.24, 2.45) is 5.92 Å². The molecule has 2 aromatic carbocycles. The number of likely N-dealkylation sites (N-methyl/N-ethyl adjacent to an activating group) is 1. The number of nitrogens with zero attached hydrogens (tertiary/aromatic N) is 2. The minimum Gasteiger partial charge on any atom is -0.371 e. The molecule has 25 heavy (non-hydrogen) atoms. The minimum atomic E-state index is 0.00764. The van der Waals surface area contributed by atoms with Gasteiger partial charge in [0, 0.05) is 36.7 Å². The number of anilines is 3. The van der Waals surface area contributed by atoms with Crippen molar-refractivity contribution in [3.8, 4) is 0 Å². The van der Waals surface area contributed by atoms with Crippen LogP contribution in [0.3, 0.4) is 0 Å². The monoisotopic (exact) mass is 337 g/mol. The fourth-order valence-electron chi connectivity index (χ4n) is 3.32. The minimum absolute atomic E-state index is 0.00764. The summed E-state index contributed by atoms with van der Waals surface area (Å²) in [7, 11) is 0. The first-order valence-corrected chi connectivity index (χ1v) is 9.10. The highest BCUT2D eigenvalue weighted by Gasteiger charge is 2.18. The molecule has 0 spiro atoms. The Morgan fingerprint density at radius 2 is 1.88 bits per heavy atom. The highest BCUT2D eigenvalue weighted by Crippen LogP contribution is 2.24. The molecule has 0 radical (unpaired) electrons. The Bertz CT molecular complexity index is 684. The lowest BCUT2D eigenvalue weighted by atomic mass is 10.2. The lowest BCUT2D eigenvalue weighted by Gasteiger charge is -2.22. The van der Waals surface area contributed by atoms with Crippen LogP contribution in [-0.2, 0) is 4.79 Å². The van der Waals surface area contributed by atoms with Gasteiger partial charge in [0.05, 0.1) is 6.54 Å². The fourth-order valence-corrected chi connectivity index (χ4v) is 3.32. The van der Waals surface area contributed by atoms with Gasteiger partial charge in [-0.15, -0.1) is 0 Å². The zero-order valence-corrected chi connectivity index (χ0v) is 15.1. The van der Waals surface area contributed by atoms with E-state index in [2.05, 4.69) is 41.1 Å². The molecule has 1 unspecified atom stereocenters. The third kappa shape index (κ3) is 4.53. The summed E-state index contributed by atoms with van der Waals surface area (Å²) in [5, 5.41) is 3.00. The largest absolute Gasteiger partial charge is 0.371 e. The molecular weight excluding hydrogens is 310 g/mol. The van der Waals surface area contributed by atoms with E-state index in [0.717, 1.165) is 36.9 Å². The lowest BCUT2D eigenvalue weighted by molar-refractivity contribution is -0.115.